The SMILES string of the molecule is CN=C(NCCN1C(=O)CNC1=O)NC1CCN(Cc2ccc(Cl)c(Cl)c2)CC1.I. The molecule has 3 amide bonds. The number of benzene rings is 1. The molecule has 0 atom stereocenters. The predicted octanol–water partition coefficient (Wildman–Crippen LogP) is 2.29. The van der Waals surface area contributed by atoms with Gasteiger partial charge in [0.15, 0.2) is 5.96 Å². The lowest BCUT2D eigenvalue weighted by Crippen LogP contribution is -2.49. The molecule has 3 rings (SSSR count). The van der Waals surface area contributed by atoms with Crippen molar-refractivity contribution in [2.24, 2.45) is 4.99 Å². The first kappa shape index (κ1) is 25.0. The lowest BCUT2D eigenvalue weighted by Gasteiger charge is -2.33. The van der Waals surface area contributed by atoms with Crippen LogP contribution >= 0.6 is 47.2 Å². The van der Waals surface area contributed by atoms with Crippen LogP contribution in [0.4, 0.5) is 4.79 Å². The highest BCUT2D eigenvalue weighted by atomic mass is 127. The Hall–Kier alpha value is -1.30. The van der Waals surface area contributed by atoms with E-state index in [0.29, 0.717) is 35.1 Å². The molecule has 1 aromatic carbocycles. The van der Waals surface area contributed by atoms with Gasteiger partial charge in [-0.05, 0) is 30.5 Å². The molecule has 0 radical (unpaired) electrons. The van der Waals surface area contributed by atoms with Gasteiger partial charge in [-0.3, -0.25) is 19.6 Å². The average molecular weight is 569 g/mol. The normalized spacial score (nSPS) is 18.2. The number of urea groups is 1. The molecule has 0 aromatic heterocycles. The van der Waals surface area contributed by atoms with Crippen molar-refractivity contribution >= 4 is 65.1 Å². The Morgan fingerprint density at radius 3 is 2.57 bits per heavy atom. The smallest absolute Gasteiger partial charge is 0.324 e. The summed E-state index contributed by atoms with van der Waals surface area (Å²) in [7, 11) is 1.71. The number of aliphatic imine (C=N–C) groups is 1. The largest absolute Gasteiger partial charge is 0.355 e. The highest BCUT2D eigenvalue weighted by Crippen LogP contribution is 2.24. The van der Waals surface area contributed by atoms with Crippen molar-refractivity contribution in [1.29, 1.82) is 0 Å². The summed E-state index contributed by atoms with van der Waals surface area (Å²) in [5.41, 5.74) is 1.16. The van der Waals surface area contributed by atoms with E-state index in [0.717, 1.165) is 38.0 Å². The molecular weight excluding hydrogens is 542 g/mol. The van der Waals surface area contributed by atoms with E-state index < -0.39 is 0 Å². The molecule has 0 bridgehead atoms. The quantitative estimate of drug-likeness (QED) is 0.212. The summed E-state index contributed by atoms with van der Waals surface area (Å²) in [6, 6.07) is 5.75. The van der Waals surface area contributed by atoms with Gasteiger partial charge in [-0.2, -0.15) is 0 Å². The molecule has 2 fully saturated rings. The highest BCUT2D eigenvalue weighted by Gasteiger charge is 2.27. The molecule has 0 spiro atoms. The fourth-order valence-electron chi connectivity index (χ4n) is 3.49. The number of guanidine groups is 1. The summed E-state index contributed by atoms with van der Waals surface area (Å²) in [6.07, 6.45) is 1.99. The molecule has 2 heterocycles. The molecule has 1 aromatic rings. The van der Waals surface area contributed by atoms with Crippen LogP contribution in [0.3, 0.4) is 0 Å². The van der Waals surface area contributed by atoms with Crippen molar-refractivity contribution < 1.29 is 9.59 Å². The molecule has 11 heteroatoms. The first-order valence-electron chi connectivity index (χ1n) is 9.68. The maximum atomic E-state index is 11.6. The maximum Gasteiger partial charge on any atom is 0.324 e. The number of piperidine rings is 1. The number of hydrogen-bond donors (Lipinski definition) is 3. The Kier molecular flexibility index (Phi) is 9.92. The molecule has 2 saturated heterocycles. The summed E-state index contributed by atoms with van der Waals surface area (Å²) in [4.78, 5) is 31.0. The van der Waals surface area contributed by atoms with Crippen LogP contribution in [0.25, 0.3) is 0 Å². The zero-order chi connectivity index (χ0) is 20.8. The van der Waals surface area contributed by atoms with E-state index >= 15 is 0 Å². The van der Waals surface area contributed by atoms with E-state index in [4.69, 9.17) is 23.2 Å². The van der Waals surface area contributed by atoms with Gasteiger partial charge in [-0.25, -0.2) is 4.79 Å². The maximum absolute atomic E-state index is 11.6. The molecule has 166 valence electrons. The van der Waals surface area contributed by atoms with Crippen molar-refractivity contribution in [1.82, 2.24) is 25.8 Å². The molecule has 0 saturated carbocycles. The number of amides is 3. The van der Waals surface area contributed by atoms with Crippen molar-refractivity contribution in [3.8, 4) is 0 Å². The Labute approximate surface area is 203 Å². The molecule has 0 unspecified atom stereocenters. The van der Waals surface area contributed by atoms with E-state index in [1.807, 2.05) is 18.2 Å². The van der Waals surface area contributed by atoms with Crippen molar-refractivity contribution in [2.75, 3.05) is 39.8 Å². The lowest BCUT2D eigenvalue weighted by atomic mass is 10.0. The monoisotopic (exact) mass is 568 g/mol. The van der Waals surface area contributed by atoms with Crippen molar-refractivity contribution in [2.45, 2.75) is 25.4 Å². The fraction of sp³-hybridized carbons (Fsp3) is 0.526. The van der Waals surface area contributed by atoms with Gasteiger partial charge in [0.05, 0.1) is 16.6 Å². The first-order valence-corrected chi connectivity index (χ1v) is 10.4. The third-order valence-electron chi connectivity index (χ3n) is 5.11. The third kappa shape index (κ3) is 6.86. The fourth-order valence-corrected chi connectivity index (χ4v) is 3.81. The zero-order valence-corrected chi connectivity index (χ0v) is 20.6. The van der Waals surface area contributed by atoms with E-state index in [-0.39, 0.29) is 42.5 Å². The standard InChI is InChI=1S/C19H26Cl2N6O2.HI/c1-22-18(23-6-9-27-17(28)11-24-19(27)29)25-14-4-7-26(8-5-14)12-13-2-3-15(20)16(21)10-13;/h2-3,10,14H,4-9,11-12H2,1H3,(H,24,29)(H2,22,23,25);1H. The minimum atomic E-state index is -0.339. The number of rotatable bonds is 6. The molecule has 8 nitrogen and oxygen atoms in total. The minimum absolute atomic E-state index is 0. The van der Waals surface area contributed by atoms with Crippen LogP contribution in [-0.2, 0) is 11.3 Å². The first-order chi connectivity index (χ1) is 14.0. The summed E-state index contributed by atoms with van der Waals surface area (Å²) >= 11 is 12.1. The highest BCUT2D eigenvalue weighted by molar-refractivity contribution is 14.0. The van der Waals surface area contributed by atoms with Gasteiger partial charge in [0.2, 0.25) is 5.91 Å². The second-order valence-electron chi connectivity index (χ2n) is 7.15. The zero-order valence-electron chi connectivity index (χ0n) is 16.8. The number of imide groups is 1. The number of likely N-dealkylation sites (tertiary alicyclic amines) is 1. The van der Waals surface area contributed by atoms with Gasteiger partial charge >= 0.3 is 6.03 Å². The number of carbonyl (C=O) groups excluding carboxylic acids is 2. The molecule has 3 N–H and O–H groups in total. The predicted molar refractivity (Wildman–Crippen MR) is 130 cm³/mol. The summed E-state index contributed by atoms with van der Waals surface area (Å²) in [5, 5.41) is 10.3. The van der Waals surface area contributed by atoms with Crippen LogP contribution < -0.4 is 16.0 Å². The van der Waals surface area contributed by atoms with E-state index in [1.54, 1.807) is 7.05 Å². The minimum Gasteiger partial charge on any atom is -0.355 e. The van der Waals surface area contributed by atoms with Crippen molar-refractivity contribution in [3.63, 3.8) is 0 Å². The van der Waals surface area contributed by atoms with Crippen LogP contribution in [-0.4, -0.2) is 73.5 Å². The van der Waals surface area contributed by atoms with Gasteiger partial charge in [0.1, 0.15) is 0 Å². The van der Waals surface area contributed by atoms with E-state index in [9.17, 15) is 9.59 Å². The molecule has 2 aliphatic heterocycles. The topological polar surface area (TPSA) is 89.1 Å². The van der Waals surface area contributed by atoms with Crippen LogP contribution in [0.1, 0.15) is 18.4 Å². The van der Waals surface area contributed by atoms with Gasteiger partial charge in [0, 0.05) is 45.8 Å². The number of carbonyl (C=O) groups is 2. The van der Waals surface area contributed by atoms with Gasteiger partial charge in [-0.15, -0.1) is 24.0 Å². The lowest BCUT2D eigenvalue weighted by molar-refractivity contribution is -0.124. The summed E-state index contributed by atoms with van der Waals surface area (Å²) < 4.78 is 0. The van der Waals surface area contributed by atoms with Crippen LogP contribution in [0, 0.1) is 0 Å². The number of nitrogens with zero attached hydrogens (tertiary/aromatic N) is 3. The Bertz CT molecular complexity index is 770. The van der Waals surface area contributed by atoms with E-state index in [2.05, 4.69) is 25.8 Å². The van der Waals surface area contributed by atoms with Gasteiger partial charge < -0.3 is 16.0 Å². The van der Waals surface area contributed by atoms with Crippen LogP contribution in [0.15, 0.2) is 23.2 Å². The second-order valence-corrected chi connectivity index (χ2v) is 7.96. The molecular formula is C19H27Cl2IN6O2. The third-order valence-corrected chi connectivity index (χ3v) is 5.85. The average Bonchev–Trinajstić information content (AvgIpc) is 3.03. The summed E-state index contributed by atoms with van der Waals surface area (Å²) in [5.74, 6) is 0.481. The molecule has 0 aliphatic carbocycles. The van der Waals surface area contributed by atoms with Gasteiger partial charge in [0.25, 0.3) is 0 Å². The van der Waals surface area contributed by atoms with Gasteiger partial charge in [-0.1, -0.05) is 29.3 Å². The Morgan fingerprint density at radius 2 is 1.97 bits per heavy atom. The van der Waals surface area contributed by atoms with Crippen LogP contribution in [0.2, 0.25) is 10.0 Å². The molecule has 2 aliphatic rings. The molecule has 30 heavy (non-hydrogen) atoms. The number of halogens is 3. The van der Waals surface area contributed by atoms with Crippen molar-refractivity contribution in [3.05, 3.63) is 33.8 Å². The number of hydrogen-bond acceptors (Lipinski definition) is 4. The Balaban J connectivity index is 0.00000320. The Morgan fingerprint density at radius 1 is 1.23 bits per heavy atom. The summed E-state index contributed by atoms with van der Waals surface area (Å²) in [6.45, 7) is 3.63. The van der Waals surface area contributed by atoms with Crippen LogP contribution in [0.5, 0.6) is 0 Å². The number of nitrogens with one attached hydrogen (secondary N) is 3. The van der Waals surface area contributed by atoms with E-state index in [1.165, 1.54) is 4.90 Å². The second kappa shape index (κ2) is 11.9.